The summed E-state index contributed by atoms with van der Waals surface area (Å²) in [6.45, 7) is 2.83. The van der Waals surface area contributed by atoms with E-state index in [4.69, 9.17) is 16.3 Å². The van der Waals surface area contributed by atoms with Crippen LogP contribution in [0.4, 0.5) is 0 Å². The van der Waals surface area contributed by atoms with Gasteiger partial charge in [-0.1, -0.05) is 37.1 Å². The van der Waals surface area contributed by atoms with E-state index in [2.05, 4.69) is 16.9 Å². The number of H-pyrrole nitrogens is 1. The highest BCUT2D eigenvalue weighted by Gasteiger charge is 2.08. The number of hydrogen-bond acceptors (Lipinski definition) is 2. The lowest BCUT2D eigenvalue weighted by Crippen LogP contribution is -1.97. The third kappa shape index (κ3) is 3.03. The molecule has 0 aliphatic carbocycles. The Balaban J connectivity index is 1.87. The second-order valence-corrected chi connectivity index (χ2v) is 5.36. The predicted octanol–water partition coefficient (Wildman–Crippen LogP) is 5.06. The van der Waals surface area contributed by atoms with E-state index in [1.54, 1.807) is 0 Å². The number of ether oxygens (including phenoxy) is 1. The number of imidazole rings is 1. The predicted molar refractivity (Wildman–Crippen MR) is 86.9 cm³/mol. The molecule has 0 atom stereocenters. The zero-order chi connectivity index (χ0) is 14.7. The summed E-state index contributed by atoms with van der Waals surface area (Å²) in [7, 11) is 0. The molecule has 1 aromatic heterocycles. The van der Waals surface area contributed by atoms with Gasteiger partial charge in [0.05, 0.1) is 22.7 Å². The Morgan fingerprint density at radius 3 is 2.81 bits per heavy atom. The summed E-state index contributed by atoms with van der Waals surface area (Å²) in [5, 5.41) is 0.615. The molecule has 0 aliphatic heterocycles. The number of hydrogen-bond donors (Lipinski definition) is 1. The minimum absolute atomic E-state index is 0.615. The molecule has 3 rings (SSSR count). The number of para-hydroxylation sites is 2. The van der Waals surface area contributed by atoms with Crippen molar-refractivity contribution in [3.63, 3.8) is 0 Å². The van der Waals surface area contributed by atoms with Crippen molar-refractivity contribution in [2.75, 3.05) is 6.61 Å². The van der Waals surface area contributed by atoms with Crippen LogP contribution in [0.15, 0.2) is 42.5 Å². The standard InChI is InChI=1S/C17H17ClN2O/c1-2-3-10-21-16-9-8-12(11-13(16)18)17-19-14-6-4-5-7-15(14)20-17/h4-9,11H,2-3,10H2,1H3,(H,19,20). The maximum absolute atomic E-state index is 6.29. The Labute approximate surface area is 128 Å². The average molecular weight is 301 g/mol. The van der Waals surface area contributed by atoms with E-state index < -0.39 is 0 Å². The summed E-state index contributed by atoms with van der Waals surface area (Å²) >= 11 is 6.29. The molecule has 0 saturated carbocycles. The molecule has 0 amide bonds. The second kappa shape index (κ2) is 6.19. The molecule has 1 heterocycles. The first kappa shape index (κ1) is 14.0. The van der Waals surface area contributed by atoms with Gasteiger partial charge in [0.2, 0.25) is 0 Å². The summed E-state index contributed by atoms with van der Waals surface area (Å²) in [6.07, 6.45) is 2.14. The van der Waals surface area contributed by atoms with Gasteiger partial charge in [0.25, 0.3) is 0 Å². The minimum atomic E-state index is 0.615. The van der Waals surface area contributed by atoms with Gasteiger partial charge in [-0.3, -0.25) is 0 Å². The van der Waals surface area contributed by atoms with Crippen LogP contribution in [-0.4, -0.2) is 16.6 Å². The first-order chi connectivity index (χ1) is 10.3. The van der Waals surface area contributed by atoms with Gasteiger partial charge in [0.15, 0.2) is 0 Å². The van der Waals surface area contributed by atoms with E-state index >= 15 is 0 Å². The SMILES string of the molecule is CCCCOc1ccc(-c2nc3ccccc3[nH]2)cc1Cl. The summed E-state index contributed by atoms with van der Waals surface area (Å²) in [4.78, 5) is 7.87. The van der Waals surface area contributed by atoms with E-state index in [0.29, 0.717) is 11.6 Å². The highest BCUT2D eigenvalue weighted by Crippen LogP contribution is 2.30. The Bertz CT molecular complexity index is 718. The van der Waals surface area contributed by atoms with E-state index in [1.165, 1.54) is 0 Å². The van der Waals surface area contributed by atoms with Crippen molar-refractivity contribution in [2.24, 2.45) is 0 Å². The molecule has 108 valence electrons. The number of unbranched alkanes of at least 4 members (excludes halogenated alkanes) is 1. The van der Waals surface area contributed by atoms with E-state index in [1.807, 2.05) is 42.5 Å². The van der Waals surface area contributed by atoms with Gasteiger partial charge in [-0.05, 0) is 36.8 Å². The lowest BCUT2D eigenvalue weighted by Gasteiger charge is -2.08. The number of nitrogens with one attached hydrogen (secondary N) is 1. The molecule has 1 N–H and O–H groups in total. The quantitative estimate of drug-likeness (QED) is 0.669. The summed E-state index contributed by atoms with van der Waals surface area (Å²) in [6, 6.07) is 13.7. The Kier molecular flexibility index (Phi) is 4.11. The van der Waals surface area contributed by atoms with Crippen molar-refractivity contribution in [3.8, 4) is 17.1 Å². The minimum Gasteiger partial charge on any atom is -0.492 e. The molecule has 2 aromatic carbocycles. The lowest BCUT2D eigenvalue weighted by atomic mass is 10.2. The van der Waals surface area contributed by atoms with Gasteiger partial charge >= 0.3 is 0 Å². The van der Waals surface area contributed by atoms with Crippen molar-refractivity contribution < 1.29 is 4.74 Å². The zero-order valence-electron chi connectivity index (χ0n) is 11.9. The van der Waals surface area contributed by atoms with Crippen molar-refractivity contribution in [3.05, 3.63) is 47.5 Å². The number of fused-ring (bicyclic) bond motifs is 1. The largest absolute Gasteiger partial charge is 0.492 e. The molecule has 3 nitrogen and oxygen atoms in total. The van der Waals surface area contributed by atoms with Crippen molar-refractivity contribution in [2.45, 2.75) is 19.8 Å². The monoisotopic (exact) mass is 300 g/mol. The lowest BCUT2D eigenvalue weighted by molar-refractivity contribution is 0.309. The number of aromatic amines is 1. The van der Waals surface area contributed by atoms with Crippen LogP contribution < -0.4 is 4.74 Å². The van der Waals surface area contributed by atoms with Gasteiger partial charge in [0.1, 0.15) is 11.6 Å². The molecular formula is C17H17ClN2O. The third-order valence-electron chi connectivity index (χ3n) is 3.35. The Hall–Kier alpha value is -2.00. The van der Waals surface area contributed by atoms with Crippen LogP contribution in [0.1, 0.15) is 19.8 Å². The van der Waals surface area contributed by atoms with E-state index in [9.17, 15) is 0 Å². The second-order valence-electron chi connectivity index (χ2n) is 4.95. The highest BCUT2D eigenvalue weighted by molar-refractivity contribution is 6.32. The summed E-state index contributed by atoms with van der Waals surface area (Å²) in [5.41, 5.74) is 2.93. The number of aromatic nitrogens is 2. The van der Waals surface area contributed by atoms with Gasteiger partial charge in [0, 0.05) is 5.56 Å². The number of rotatable bonds is 5. The molecule has 0 aliphatic rings. The first-order valence-corrected chi connectivity index (χ1v) is 7.53. The van der Waals surface area contributed by atoms with Crippen LogP contribution >= 0.6 is 11.6 Å². The fraction of sp³-hybridized carbons (Fsp3) is 0.235. The van der Waals surface area contributed by atoms with Crippen LogP contribution in [-0.2, 0) is 0 Å². The van der Waals surface area contributed by atoms with Gasteiger partial charge in [-0.2, -0.15) is 0 Å². The van der Waals surface area contributed by atoms with Crippen LogP contribution in [0.2, 0.25) is 5.02 Å². The van der Waals surface area contributed by atoms with E-state index in [-0.39, 0.29) is 0 Å². The van der Waals surface area contributed by atoms with Crippen molar-refractivity contribution in [1.29, 1.82) is 0 Å². The molecule has 0 unspecified atom stereocenters. The molecule has 21 heavy (non-hydrogen) atoms. The number of benzene rings is 2. The average Bonchev–Trinajstić information content (AvgIpc) is 2.93. The Morgan fingerprint density at radius 2 is 2.05 bits per heavy atom. The van der Waals surface area contributed by atoms with Crippen LogP contribution in [0.25, 0.3) is 22.4 Å². The molecule has 3 aromatic rings. The smallest absolute Gasteiger partial charge is 0.138 e. The van der Waals surface area contributed by atoms with Gasteiger partial charge < -0.3 is 9.72 Å². The van der Waals surface area contributed by atoms with Crippen molar-refractivity contribution in [1.82, 2.24) is 9.97 Å². The summed E-state index contributed by atoms with van der Waals surface area (Å²) < 4.78 is 5.66. The molecule has 4 heteroatoms. The fourth-order valence-electron chi connectivity index (χ4n) is 2.18. The number of nitrogens with zero attached hydrogens (tertiary/aromatic N) is 1. The number of halogens is 1. The molecular weight excluding hydrogens is 284 g/mol. The fourth-order valence-corrected chi connectivity index (χ4v) is 2.42. The highest BCUT2D eigenvalue weighted by atomic mass is 35.5. The molecule has 0 bridgehead atoms. The first-order valence-electron chi connectivity index (χ1n) is 7.15. The maximum Gasteiger partial charge on any atom is 0.138 e. The normalized spacial score (nSPS) is 11.0. The maximum atomic E-state index is 6.29. The third-order valence-corrected chi connectivity index (χ3v) is 3.65. The molecule has 0 fully saturated rings. The van der Waals surface area contributed by atoms with Crippen LogP contribution in [0.5, 0.6) is 5.75 Å². The van der Waals surface area contributed by atoms with Crippen molar-refractivity contribution >= 4 is 22.6 Å². The van der Waals surface area contributed by atoms with Gasteiger partial charge in [-0.15, -0.1) is 0 Å². The summed E-state index contributed by atoms with van der Waals surface area (Å²) in [5.74, 6) is 1.54. The topological polar surface area (TPSA) is 37.9 Å². The molecule has 0 saturated heterocycles. The van der Waals surface area contributed by atoms with Crippen LogP contribution in [0, 0.1) is 0 Å². The zero-order valence-corrected chi connectivity index (χ0v) is 12.7. The molecule has 0 radical (unpaired) electrons. The Morgan fingerprint density at radius 1 is 1.19 bits per heavy atom. The molecule has 0 spiro atoms. The van der Waals surface area contributed by atoms with Crippen LogP contribution in [0.3, 0.4) is 0 Å². The van der Waals surface area contributed by atoms with E-state index in [0.717, 1.165) is 41.0 Å². The van der Waals surface area contributed by atoms with Gasteiger partial charge in [-0.25, -0.2) is 4.98 Å².